The van der Waals surface area contributed by atoms with Crippen LogP contribution in [0, 0.1) is 0 Å². The first-order chi connectivity index (χ1) is 7.03. The fraction of sp³-hybridized carbons (Fsp3) is 0.750. The van der Waals surface area contributed by atoms with Gasteiger partial charge >= 0.3 is 6.18 Å². The van der Waals surface area contributed by atoms with Gasteiger partial charge in [-0.15, -0.1) is 0 Å². The Morgan fingerprint density at radius 3 is 2.80 bits per heavy atom. The molecule has 1 aromatic rings. The summed E-state index contributed by atoms with van der Waals surface area (Å²) in [6.45, 7) is 0.753. The van der Waals surface area contributed by atoms with Gasteiger partial charge < -0.3 is 5.32 Å². The number of nitrogens with one attached hydrogen (secondary N) is 1. The summed E-state index contributed by atoms with van der Waals surface area (Å²) in [5.41, 5.74) is 0. The van der Waals surface area contributed by atoms with Gasteiger partial charge in [0.1, 0.15) is 12.2 Å². The third-order valence-electron chi connectivity index (χ3n) is 1.86. The highest BCUT2D eigenvalue weighted by molar-refractivity contribution is 4.83. The minimum atomic E-state index is -4.09. The summed E-state index contributed by atoms with van der Waals surface area (Å²) in [5, 5.41) is 6.72. The van der Waals surface area contributed by atoms with Gasteiger partial charge in [-0.25, -0.2) is 9.67 Å². The molecule has 0 aliphatic rings. The molecule has 0 atom stereocenters. The Kier molecular flexibility index (Phi) is 4.07. The lowest BCUT2D eigenvalue weighted by atomic mass is 10.3. The number of nitrogens with zero attached hydrogens (tertiary/aromatic N) is 3. The number of halogens is 3. The average Bonchev–Trinajstić information content (AvgIpc) is 2.51. The lowest BCUT2D eigenvalue weighted by Gasteiger charge is -2.07. The molecule has 0 amide bonds. The first-order valence-corrected chi connectivity index (χ1v) is 4.61. The largest absolute Gasteiger partial charge is 0.389 e. The number of alkyl halides is 3. The maximum absolute atomic E-state index is 11.9. The van der Waals surface area contributed by atoms with Crippen molar-refractivity contribution in [3.05, 3.63) is 12.2 Å². The van der Waals surface area contributed by atoms with Crippen molar-refractivity contribution < 1.29 is 13.2 Å². The van der Waals surface area contributed by atoms with Gasteiger partial charge in [-0.05, 0) is 13.5 Å². The molecule has 1 rings (SSSR count). The highest BCUT2D eigenvalue weighted by Gasteiger charge is 2.26. The maximum atomic E-state index is 11.9. The van der Waals surface area contributed by atoms with Crippen LogP contribution in [0.5, 0.6) is 0 Å². The van der Waals surface area contributed by atoms with Crippen LogP contribution < -0.4 is 5.32 Å². The fourth-order valence-electron chi connectivity index (χ4n) is 1.20. The molecule has 0 aliphatic carbocycles. The van der Waals surface area contributed by atoms with Crippen LogP contribution in [0.3, 0.4) is 0 Å². The monoisotopic (exact) mass is 222 g/mol. The first-order valence-electron chi connectivity index (χ1n) is 4.61. The molecule has 0 aliphatic heterocycles. The van der Waals surface area contributed by atoms with Crippen LogP contribution in [0.25, 0.3) is 0 Å². The Morgan fingerprint density at radius 2 is 2.20 bits per heavy atom. The van der Waals surface area contributed by atoms with E-state index in [1.807, 2.05) is 0 Å². The van der Waals surface area contributed by atoms with Crippen molar-refractivity contribution in [1.29, 1.82) is 0 Å². The number of aryl methyl sites for hydroxylation is 1. The molecule has 0 radical (unpaired) electrons. The molecule has 4 nitrogen and oxygen atoms in total. The van der Waals surface area contributed by atoms with Crippen LogP contribution >= 0.6 is 0 Å². The first kappa shape index (κ1) is 12.0. The number of hydrogen-bond acceptors (Lipinski definition) is 3. The lowest BCUT2D eigenvalue weighted by Crippen LogP contribution is -2.15. The normalized spacial score (nSPS) is 12.0. The summed E-state index contributed by atoms with van der Waals surface area (Å²) in [6, 6.07) is 0. The molecular formula is C8H13F3N4. The van der Waals surface area contributed by atoms with E-state index in [2.05, 4.69) is 15.4 Å². The molecule has 15 heavy (non-hydrogen) atoms. The topological polar surface area (TPSA) is 42.7 Å². The molecular weight excluding hydrogens is 209 g/mol. The lowest BCUT2D eigenvalue weighted by molar-refractivity contribution is -0.136. The standard InChI is InChI=1S/C8H13F3N4/c1-12-5-7-13-6-14-15(7)4-2-3-8(9,10)11/h6,12H,2-5H2,1H3. The number of hydrogen-bond donors (Lipinski definition) is 1. The Balaban J connectivity index is 2.40. The van der Waals surface area contributed by atoms with Gasteiger partial charge in [-0.2, -0.15) is 18.3 Å². The Bertz CT molecular complexity index is 294. The van der Waals surface area contributed by atoms with E-state index in [0.29, 0.717) is 12.4 Å². The smallest absolute Gasteiger partial charge is 0.313 e. The van der Waals surface area contributed by atoms with E-state index in [1.165, 1.54) is 11.0 Å². The molecule has 7 heteroatoms. The second kappa shape index (κ2) is 5.11. The zero-order chi connectivity index (χ0) is 11.3. The van der Waals surface area contributed by atoms with Gasteiger partial charge in [0, 0.05) is 13.0 Å². The van der Waals surface area contributed by atoms with E-state index in [9.17, 15) is 13.2 Å². The molecule has 0 unspecified atom stereocenters. The quantitative estimate of drug-likeness (QED) is 0.817. The van der Waals surface area contributed by atoms with Crippen LogP contribution in [-0.2, 0) is 13.1 Å². The van der Waals surface area contributed by atoms with Crippen LogP contribution in [0.15, 0.2) is 6.33 Å². The third kappa shape index (κ3) is 4.28. The summed E-state index contributed by atoms with van der Waals surface area (Å²) in [6.07, 6.45) is -3.50. The zero-order valence-electron chi connectivity index (χ0n) is 8.38. The maximum Gasteiger partial charge on any atom is 0.389 e. The van der Waals surface area contributed by atoms with E-state index in [0.717, 1.165) is 0 Å². The van der Waals surface area contributed by atoms with E-state index in [4.69, 9.17) is 0 Å². The molecule has 1 heterocycles. The van der Waals surface area contributed by atoms with E-state index in [1.54, 1.807) is 7.05 Å². The minimum absolute atomic E-state index is 0.0313. The summed E-state index contributed by atoms with van der Waals surface area (Å²) in [4.78, 5) is 3.93. The SMILES string of the molecule is CNCc1ncnn1CCCC(F)(F)F. The van der Waals surface area contributed by atoms with E-state index < -0.39 is 12.6 Å². The van der Waals surface area contributed by atoms with Crippen molar-refractivity contribution in [2.45, 2.75) is 32.1 Å². The predicted molar refractivity (Wildman–Crippen MR) is 48.1 cm³/mol. The average molecular weight is 222 g/mol. The van der Waals surface area contributed by atoms with Gasteiger partial charge in [-0.1, -0.05) is 0 Å². The van der Waals surface area contributed by atoms with Crippen LogP contribution in [0.1, 0.15) is 18.7 Å². The van der Waals surface area contributed by atoms with Crippen molar-refractivity contribution in [3.63, 3.8) is 0 Å². The summed E-state index contributed by atoms with van der Waals surface area (Å²) < 4.78 is 37.1. The molecule has 1 aromatic heterocycles. The van der Waals surface area contributed by atoms with Crippen LogP contribution in [-0.4, -0.2) is 28.0 Å². The third-order valence-corrected chi connectivity index (χ3v) is 1.86. The highest BCUT2D eigenvalue weighted by atomic mass is 19.4. The summed E-state index contributed by atoms with van der Waals surface area (Å²) in [7, 11) is 1.74. The molecule has 1 N–H and O–H groups in total. The molecule has 86 valence electrons. The molecule has 0 aromatic carbocycles. The molecule has 0 spiro atoms. The van der Waals surface area contributed by atoms with Crippen molar-refractivity contribution in [2.75, 3.05) is 7.05 Å². The Labute approximate surface area is 85.5 Å². The van der Waals surface area contributed by atoms with E-state index in [-0.39, 0.29) is 13.0 Å². The molecule has 0 saturated carbocycles. The van der Waals surface area contributed by atoms with Gasteiger partial charge in [0.15, 0.2) is 0 Å². The van der Waals surface area contributed by atoms with Gasteiger partial charge in [0.2, 0.25) is 0 Å². The zero-order valence-corrected chi connectivity index (χ0v) is 8.38. The van der Waals surface area contributed by atoms with Crippen molar-refractivity contribution in [3.8, 4) is 0 Å². The number of rotatable bonds is 5. The van der Waals surface area contributed by atoms with Crippen LogP contribution in [0.2, 0.25) is 0 Å². The molecule has 0 fully saturated rings. The van der Waals surface area contributed by atoms with Crippen molar-refractivity contribution >= 4 is 0 Å². The second-order valence-corrected chi connectivity index (χ2v) is 3.15. The van der Waals surface area contributed by atoms with Crippen LogP contribution in [0.4, 0.5) is 13.2 Å². The van der Waals surface area contributed by atoms with Gasteiger partial charge in [0.05, 0.1) is 6.54 Å². The van der Waals surface area contributed by atoms with Gasteiger partial charge in [-0.3, -0.25) is 0 Å². The fourth-order valence-corrected chi connectivity index (χ4v) is 1.20. The number of aromatic nitrogens is 3. The van der Waals surface area contributed by atoms with Crippen molar-refractivity contribution in [1.82, 2.24) is 20.1 Å². The summed E-state index contributed by atoms with van der Waals surface area (Å²) >= 11 is 0. The Hall–Kier alpha value is -1.11. The highest BCUT2D eigenvalue weighted by Crippen LogP contribution is 2.21. The molecule has 0 bridgehead atoms. The minimum Gasteiger partial charge on any atom is -0.313 e. The van der Waals surface area contributed by atoms with Crippen molar-refractivity contribution in [2.24, 2.45) is 0 Å². The van der Waals surface area contributed by atoms with E-state index >= 15 is 0 Å². The second-order valence-electron chi connectivity index (χ2n) is 3.15. The van der Waals surface area contributed by atoms with Gasteiger partial charge in [0.25, 0.3) is 0 Å². The molecule has 0 saturated heterocycles. The Morgan fingerprint density at radius 1 is 1.47 bits per heavy atom. The predicted octanol–water partition coefficient (Wildman–Crippen LogP) is 1.34. The summed E-state index contributed by atoms with van der Waals surface area (Å²) in [5.74, 6) is 0.652.